The van der Waals surface area contributed by atoms with Crippen LogP contribution in [-0.4, -0.2) is 27.6 Å². The molecule has 0 saturated heterocycles. The summed E-state index contributed by atoms with van der Waals surface area (Å²) in [6.07, 6.45) is 9.85. The van der Waals surface area contributed by atoms with Gasteiger partial charge in [-0.25, -0.2) is 0 Å². The molecule has 0 bridgehead atoms. The van der Waals surface area contributed by atoms with Crippen LogP contribution >= 0.6 is 0 Å². The van der Waals surface area contributed by atoms with Crippen LogP contribution < -0.4 is 4.90 Å². The van der Waals surface area contributed by atoms with E-state index in [-0.39, 0.29) is 17.9 Å². The molecule has 28 heavy (non-hydrogen) atoms. The Kier molecular flexibility index (Phi) is 4.13. The Morgan fingerprint density at radius 2 is 1.96 bits per heavy atom. The molecule has 5 heteroatoms. The van der Waals surface area contributed by atoms with Gasteiger partial charge in [0.05, 0.1) is 29.5 Å². The van der Waals surface area contributed by atoms with Gasteiger partial charge in [0.2, 0.25) is 5.91 Å². The maximum Gasteiger partial charge on any atom is 0.238 e. The van der Waals surface area contributed by atoms with Crippen LogP contribution in [-0.2, 0) is 23.2 Å². The normalized spacial score (nSPS) is 16.8. The number of hydrogen-bond acceptors (Lipinski definition) is 4. The van der Waals surface area contributed by atoms with Crippen molar-refractivity contribution >= 4 is 22.4 Å². The maximum atomic E-state index is 13.2. The molecule has 0 radical (unpaired) electrons. The van der Waals surface area contributed by atoms with Crippen LogP contribution in [0.5, 0.6) is 0 Å². The number of rotatable bonds is 6. The lowest BCUT2D eigenvalue weighted by atomic mass is 9.99. The highest BCUT2D eigenvalue weighted by Gasteiger charge is 2.59. The number of aliphatic hydroxyl groups is 1. The lowest BCUT2D eigenvalue weighted by molar-refractivity contribution is -0.120. The zero-order valence-electron chi connectivity index (χ0n) is 15.8. The molecule has 0 atom stereocenters. The van der Waals surface area contributed by atoms with Crippen molar-refractivity contribution in [1.82, 2.24) is 9.97 Å². The minimum atomic E-state index is -0.313. The average molecular weight is 373 g/mol. The van der Waals surface area contributed by atoms with E-state index in [1.54, 1.807) is 6.20 Å². The van der Waals surface area contributed by atoms with Gasteiger partial charge >= 0.3 is 0 Å². The minimum absolute atomic E-state index is 0.187. The molecule has 1 fully saturated rings. The molecule has 1 aromatic carbocycles. The van der Waals surface area contributed by atoms with E-state index in [1.165, 1.54) is 10.9 Å². The fourth-order valence-electron chi connectivity index (χ4n) is 4.50. The van der Waals surface area contributed by atoms with Gasteiger partial charge in [-0.15, -0.1) is 0 Å². The van der Waals surface area contributed by atoms with Gasteiger partial charge in [0.15, 0.2) is 0 Å². The van der Waals surface area contributed by atoms with Gasteiger partial charge in [-0.05, 0) is 54.7 Å². The molecule has 1 N–H and O–H groups in total. The lowest BCUT2D eigenvalue weighted by Crippen LogP contribution is -2.32. The van der Waals surface area contributed by atoms with Gasteiger partial charge in [-0.3, -0.25) is 14.8 Å². The van der Waals surface area contributed by atoms with E-state index < -0.39 is 0 Å². The average Bonchev–Trinajstić information content (AvgIpc) is 3.50. The quantitative estimate of drug-likeness (QED) is 0.672. The zero-order valence-corrected chi connectivity index (χ0v) is 15.8. The van der Waals surface area contributed by atoms with Crippen molar-refractivity contribution in [3.63, 3.8) is 0 Å². The first-order valence-corrected chi connectivity index (χ1v) is 9.97. The van der Waals surface area contributed by atoms with E-state index in [4.69, 9.17) is 4.98 Å². The number of carbonyl (C=O) groups is 1. The number of anilines is 1. The van der Waals surface area contributed by atoms with Gasteiger partial charge in [0.25, 0.3) is 0 Å². The summed E-state index contributed by atoms with van der Waals surface area (Å²) in [5.41, 5.74) is 3.86. The lowest BCUT2D eigenvalue weighted by Gasteiger charge is -2.20. The second-order valence-corrected chi connectivity index (χ2v) is 7.82. The number of carbonyl (C=O) groups excluding carboxylic acids is 1. The summed E-state index contributed by atoms with van der Waals surface area (Å²) in [5, 5.41) is 11.5. The first kappa shape index (κ1) is 17.3. The van der Waals surface area contributed by atoms with Gasteiger partial charge < -0.3 is 10.0 Å². The number of amides is 1. The van der Waals surface area contributed by atoms with E-state index in [2.05, 4.69) is 17.1 Å². The fourth-order valence-corrected chi connectivity index (χ4v) is 4.50. The maximum absolute atomic E-state index is 13.2. The predicted molar refractivity (Wildman–Crippen MR) is 108 cm³/mol. The molecule has 1 aliphatic carbocycles. The molecular weight excluding hydrogens is 350 g/mol. The van der Waals surface area contributed by atoms with Crippen molar-refractivity contribution in [2.45, 2.75) is 44.1 Å². The van der Waals surface area contributed by atoms with Crippen LogP contribution in [0.25, 0.3) is 10.8 Å². The highest BCUT2D eigenvalue weighted by Crippen LogP contribution is 2.57. The summed E-state index contributed by atoms with van der Waals surface area (Å²) < 4.78 is 0. The summed E-state index contributed by atoms with van der Waals surface area (Å²) in [6.45, 7) is 0.665. The highest BCUT2D eigenvalue weighted by atomic mass is 16.2. The monoisotopic (exact) mass is 373 g/mol. The van der Waals surface area contributed by atoms with Crippen molar-refractivity contribution < 1.29 is 9.90 Å². The Bertz CT molecular complexity index is 1060. The Hall–Kier alpha value is -2.79. The fraction of sp³-hybridized carbons (Fsp3) is 0.348. The first-order chi connectivity index (χ1) is 13.7. The number of unbranched alkanes of at least 4 members (excludes halogenated alkanes) is 1. The second-order valence-electron chi connectivity index (χ2n) is 7.82. The van der Waals surface area contributed by atoms with Crippen LogP contribution in [0.3, 0.4) is 0 Å². The van der Waals surface area contributed by atoms with E-state index >= 15 is 0 Å². The van der Waals surface area contributed by atoms with E-state index in [9.17, 15) is 9.90 Å². The molecule has 3 aromatic rings. The number of benzene rings is 1. The standard InChI is InChI=1S/C23H23N3O2/c27-12-4-3-7-18-17-6-2-1-5-16(17)13-25-20(18)15-26-21-14-24-11-8-19(21)23(9-10-23)22(26)28/h1-2,5-6,8,11,13-14,27H,3-4,7,9-10,12,15H2. The highest BCUT2D eigenvalue weighted by molar-refractivity contribution is 6.09. The molecule has 1 spiro atoms. The van der Waals surface area contributed by atoms with Crippen LogP contribution in [0.4, 0.5) is 5.69 Å². The van der Waals surface area contributed by atoms with E-state index in [0.717, 1.165) is 54.4 Å². The Morgan fingerprint density at radius 3 is 2.79 bits per heavy atom. The van der Waals surface area contributed by atoms with Crippen LogP contribution in [0.15, 0.2) is 48.9 Å². The zero-order chi connectivity index (χ0) is 19.1. The van der Waals surface area contributed by atoms with Crippen molar-refractivity contribution in [2.75, 3.05) is 11.5 Å². The van der Waals surface area contributed by atoms with Gasteiger partial charge in [-0.1, -0.05) is 24.3 Å². The molecule has 142 valence electrons. The van der Waals surface area contributed by atoms with Gasteiger partial charge in [0.1, 0.15) is 0 Å². The molecule has 1 saturated carbocycles. The van der Waals surface area contributed by atoms with Crippen molar-refractivity contribution in [3.05, 3.63) is 65.7 Å². The van der Waals surface area contributed by atoms with E-state index in [1.807, 2.05) is 35.5 Å². The van der Waals surface area contributed by atoms with Crippen molar-refractivity contribution in [2.24, 2.45) is 0 Å². The molecule has 5 rings (SSSR count). The molecule has 0 unspecified atom stereocenters. The third-order valence-electron chi connectivity index (χ3n) is 6.15. The molecule has 3 heterocycles. The third kappa shape index (κ3) is 2.61. The third-order valence-corrected chi connectivity index (χ3v) is 6.15. The summed E-state index contributed by atoms with van der Waals surface area (Å²) in [5.74, 6) is 0.187. The molecule has 2 aromatic heterocycles. The molecule has 2 aliphatic rings. The first-order valence-electron chi connectivity index (χ1n) is 9.97. The predicted octanol–water partition coefficient (Wildman–Crippen LogP) is 3.52. The number of aromatic nitrogens is 2. The Labute approximate surface area is 164 Å². The summed E-state index contributed by atoms with van der Waals surface area (Å²) in [4.78, 5) is 24.1. The smallest absolute Gasteiger partial charge is 0.238 e. The molecule has 1 amide bonds. The van der Waals surface area contributed by atoms with Crippen LogP contribution in [0.2, 0.25) is 0 Å². The van der Waals surface area contributed by atoms with Crippen LogP contribution in [0, 0.1) is 0 Å². The SMILES string of the molecule is O=C1N(Cc2ncc3ccccc3c2CCCCO)c2cnccc2C12CC2. The number of aliphatic hydroxyl groups excluding tert-OH is 1. The Morgan fingerprint density at radius 1 is 1.11 bits per heavy atom. The van der Waals surface area contributed by atoms with Crippen LogP contribution in [0.1, 0.15) is 42.5 Å². The summed E-state index contributed by atoms with van der Waals surface area (Å²) in [7, 11) is 0. The van der Waals surface area contributed by atoms with Crippen molar-refractivity contribution in [1.29, 1.82) is 0 Å². The number of nitrogens with zero attached hydrogens (tertiary/aromatic N) is 3. The topological polar surface area (TPSA) is 66.3 Å². The summed E-state index contributed by atoms with van der Waals surface area (Å²) in [6, 6.07) is 10.3. The van der Waals surface area contributed by atoms with Crippen molar-refractivity contribution in [3.8, 4) is 0 Å². The molecular formula is C23H23N3O2. The summed E-state index contributed by atoms with van der Waals surface area (Å²) >= 11 is 0. The van der Waals surface area contributed by atoms with Gasteiger partial charge in [0, 0.05) is 24.4 Å². The number of pyridine rings is 2. The molecule has 5 nitrogen and oxygen atoms in total. The minimum Gasteiger partial charge on any atom is -0.396 e. The Balaban J connectivity index is 1.55. The van der Waals surface area contributed by atoms with Gasteiger partial charge in [-0.2, -0.15) is 0 Å². The molecule has 1 aliphatic heterocycles. The largest absolute Gasteiger partial charge is 0.396 e. The number of aryl methyl sites for hydroxylation is 1. The number of fused-ring (bicyclic) bond motifs is 3. The van der Waals surface area contributed by atoms with E-state index in [0.29, 0.717) is 6.54 Å². The second kappa shape index (κ2) is 6.67. The number of hydrogen-bond donors (Lipinski definition) is 1.